The minimum atomic E-state index is -0.0391. The molecule has 102 valence electrons. The van der Waals surface area contributed by atoms with E-state index in [1.807, 2.05) is 0 Å². The van der Waals surface area contributed by atoms with E-state index >= 15 is 0 Å². The summed E-state index contributed by atoms with van der Waals surface area (Å²) in [5.41, 5.74) is 3.47. The molecule has 0 aliphatic heterocycles. The van der Waals surface area contributed by atoms with E-state index in [9.17, 15) is 0 Å². The van der Waals surface area contributed by atoms with E-state index in [0.29, 0.717) is 11.5 Å². The van der Waals surface area contributed by atoms with Gasteiger partial charge in [0, 0.05) is 13.2 Å². The van der Waals surface area contributed by atoms with Crippen LogP contribution in [0.1, 0.15) is 65.7 Å². The molecule has 3 N–H and O–H groups in total. The first-order valence-corrected chi connectivity index (χ1v) is 7.01. The van der Waals surface area contributed by atoms with Gasteiger partial charge in [-0.05, 0) is 51.4 Å². The Morgan fingerprint density at radius 3 is 2.35 bits per heavy atom. The van der Waals surface area contributed by atoms with E-state index in [1.54, 1.807) is 7.11 Å². The lowest BCUT2D eigenvalue weighted by Crippen LogP contribution is -2.48. The number of hydrogen-bond donors (Lipinski definition) is 2. The lowest BCUT2D eigenvalue weighted by Gasteiger charge is -2.38. The second-order valence-corrected chi connectivity index (χ2v) is 6.14. The molecule has 0 aromatic heterocycles. The molecule has 1 atom stereocenters. The van der Waals surface area contributed by atoms with Crippen molar-refractivity contribution < 1.29 is 4.74 Å². The summed E-state index contributed by atoms with van der Waals surface area (Å²) in [6, 6.07) is 0.435. The van der Waals surface area contributed by atoms with Crippen LogP contribution in [0.5, 0.6) is 0 Å². The zero-order valence-corrected chi connectivity index (χ0v) is 12.0. The van der Waals surface area contributed by atoms with Crippen LogP contribution in [0, 0.1) is 5.41 Å². The average molecular weight is 242 g/mol. The second kappa shape index (κ2) is 6.17. The SMILES string of the molecule is CCC1(C(CCC(C)(C)OC)NN)CCCC1. The van der Waals surface area contributed by atoms with Crippen molar-refractivity contribution in [3.05, 3.63) is 0 Å². The van der Waals surface area contributed by atoms with Crippen LogP contribution in [0.4, 0.5) is 0 Å². The van der Waals surface area contributed by atoms with E-state index < -0.39 is 0 Å². The van der Waals surface area contributed by atoms with E-state index in [-0.39, 0.29) is 5.60 Å². The Bertz CT molecular complexity index is 222. The van der Waals surface area contributed by atoms with Gasteiger partial charge < -0.3 is 4.74 Å². The van der Waals surface area contributed by atoms with Gasteiger partial charge in [-0.1, -0.05) is 19.8 Å². The summed E-state index contributed by atoms with van der Waals surface area (Å²) >= 11 is 0. The van der Waals surface area contributed by atoms with Crippen LogP contribution in [-0.4, -0.2) is 18.8 Å². The maximum Gasteiger partial charge on any atom is 0.0623 e. The molecule has 1 aliphatic carbocycles. The fraction of sp³-hybridized carbons (Fsp3) is 1.00. The average Bonchev–Trinajstić information content (AvgIpc) is 2.80. The molecule has 1 saturated carbocycles. The number of ether oxygens (including phenoxy) is 1. The smallest absolute Gasteiger partial charge is 0.0623 e. The van der Waals surface area contributed by atoms with Crippen LogP contribution < -0.4 is 11.3 Å². The lowest BCUT2D eigenvalue weighted by molar-refractivity contribution is 0.00647. The first-order valence-electron chi connectivity index (χ1n) is 7.01. The van der Waals surface area contributed by atoms with E-state index in [2.05, 4.69) is 26.2 Å². The summed E-state index contributed by atoms with van der Waals surface area (Å²) in [6.07, 6.45) is 8.76. The Kier molecular flexibility index (Phi) is 5.42. The normalized spacial score (nSPS) is 21.7. The van der Waals surface area contributed by atoms with Crippen LogP contribution in [-0.2, 0) is 4.74 Å². The number of methoxy groups -OCH3 is 1. The molecule has 0 saturated heterocycles. The molecule has 0 aromatic rings. The van der Waals surface area contributed by atoms with E-state index in [1.165, 1.54) is 32.1 Å². The zero-order valence-electron chi connectivity index (χ0n) is 12.0. The molecule has 0 heterocycles. The van der Waals surface area contributed by atoms with Gasteiger partial charge in [0.2, 0.25) is 0 Å². The fourth-order valence-corrected chi connectivity index (χ4v) is 3.19. The first-order chi connectivity index (χ1) is 7.99. The molecule has 0 bridgehead atoms. The van der Waals surface area contributed by atoms with Crippen LogP contribution >= 0.6 is 0 Å². The molecule has 1 aliphatic rings. The van der Waals surface area contributed by atoms with Gasteiger partial charge >= 0.3 is 0 Å². The highest BCUT2D eigenvalue weighted by Gasteiger charge is 2.39. The van der Waals surface area contributed by atoms with Gasteiger partial charge in [-0.25, -0.2) is 0 Å². The molecule has 3 nitrogen and oxygen atoms in total. The Morgan fingerprint density at radius 1 is 1.35 bits per heavy atom. The first kappa shape index (κ1) is 14.9. The summed E-state index contributed by atoms with van der Waals surface area (Å²) in [7, 11) is 1.79. The quantitative estimate of drug-likeness (QED) is 0.533. The predicted octanol–water partition coefficient (Wildman–Crippen LogP) is 2.99. The number of hydrazine groups is 1. The largest absolute Gasteiger partial charge is 0.379 e. The number of rotatable bonds is 7. The molecule has 1 rings (SSSR count). The summed E-state index contributed by atoms with van der Waals surface area (Å²) in [5, 5.41) is 0. The highest BCUT2D eigenvalue weighted by molar-refractivity contribution is 4.93. The summed E-state index contributed by atoms with van der Waals surface area (Å²) in [6.45, 7) is 6.60. The second-order valence-electron chi connectivity index (χ2n) is 6.14. The maximum atomic E-state index is 5.79. The maximum absolute atomic E-state index is 5.79. The third-order valence-electron chi connectivity index (χ3n) is 4.83. The predicted molar refractivity (Wildman–Crippen MR) is 72.6 cm³/mol. The Hall–Kier alpha value is -0.120. The van der Waals surface area contributed by atoms with Crippen molar-refractivity contribution in [2.24, 2.45) is 11.3 Å². The van der Waals surface area contributed by atoms with Crippen molar-refractivity contribution in [1.29, 1.82) is 0 Å². The molecule has 17 heavy (non-hydrogen) atoms. The van der Waals surface area contributed by atoms with Gasteiger partial charge in [0.25, 0.3) is 0 Å². The molecule has 1 unspecified atom stereocenters. The fourth-order valence-electron chi connectivity index (χ4n) is 3.19. The molecular weight excluding hydrogens is 212 g/mol. The van der Waals surface area contributed by atoms with Crippen molar-refractivity contribution >= 4 is 0 Å². The van der Waals surface area contributed by atoms with Crippen molar-refractivity contribution in [3.63, 3.8) is 0 Å². The van der Waals surface area contributed by atoms with Gasteiger partial charge in [-0.3, -0.25) is 11.3 Å². The van der Waals surface area contributed by atoms with Crippen molar-refractivity contribution in [2.75, 3.05) is 7.11 Å². The minimum absolute atomic E-state index is 0.0391. The van der Waals surface area contributed by atoms with Crippen molar-refractivity contribution in [3.8, 4) is 0 Å². The third-order valence-corrected chi connectivity index (χ3v) is 4.83. The summed E-state index contributed by atoms with van der Waals surface area (Å²) < 4.78 is 5.49. The van der Waals surface area contributed by atoms with Gasteiger partial charge in [0.1, 0.15) is 0 Å². The molecule has 0 radical (unpaired) electrons. The van der Waals surface area contributed by atoms with Crippen LogP contribution in [0.2, 0.25) is 0 Å². The molecule has 3 heteroatoms. The van der Waals surface area contributed by atoms with Gasteiger partial charge in [-0.15, -0.1) is 0 Å². The van der Waals surface area contributed by atoms with Crippen LogP contribution in [0.25, 0.3) is 0 Å². The van der Waals surface area contributed by atoms with Crippen LogP contribution in [0.15, 0.2) is 0 Å². The monoisotopic (exact) mass is 242 g/mol. The summed E-state index contributed by atoms with van der Waals surface area (Å²) in [4.78, 5) is 0. The molecule has 0 aromatic carbocycles. The molecule has 0 amide bonds. The van der Waals surface area contributed by atoms with Crippen molar-refractivity contribution in [1.82, 2.24) is 5.43 Å². The van der Waals surface area contributed by atoms with Crippen molar-refractivity contribution in [2.45, 2.75) is 77.4 Å². The molecule has 1 fully saturated rings. The number of nitrogens with one attached hydrogen (secondary N) is 1. The van der Waals surface area contributed by atoms with Gasteiger partial charge in [0.15, 0.2) is 0 Å². The van der Waals surface area contributed by atoms with Crippen LogP contribution in [0.3, 0.4) is 0 Å². The molecular formula is C14H30N2O. The van der Waals surface area contributed by atoms with E-state index in [4.69, 9.17) is 10.6 Å². The number of hydrogen-bond acceptors (Lipinski definition) is 3. The highest BCUT2D eigenvalue weighted by Crippen LogP contribution is 2.45. The topological polar surface area (TPSA) is 47.3 Å². The van der Waals surface area contributed by atoms with E-state index in [0.717, 1.165) is 12.8 Å². The Balaban J connectivity index is 2.58. The highest BCUT2D eigenvalue weighted by atomic mass is 16.5. The summed E-state index contributed by atoms with van der Waals surface area (Å²) in [5.74, 6) is 5.79. The van der Waals surface area contributed by atoms with Gasteiger partial charge in [-0.2, -0.15) is 0 Å². The standard InChI is InChI=1S/C14H30N2O/c1-5-14(9-6-7-10-14)12(16-15)8-11-13(2,3)17-4/h12,16H,5-11,15H2,1-4H3. The lowest BCUT2D eigenvalue weighted by atomic mass is 9.74. The number of nitrogens with two attached hydrogens (primary N) is 1. The minimum Gasteiger partial charge on any atom is -0.379 e. The third kappa shape index (κ3) is 3.67. The van der Waals surface area contributed by atoms with Gasteiger partial charge in [0.05, 0.1) is 5.60 Å². The molecule has 0 spiro atoms. The Morgan fingerprint density at radius 2 is 1.94 bits per heavy atom. The Labute approximate surface area is 106 Å². The zero-order chi connectivity index (χ0) is 12.9.